The average Bonchev–Trinajstić information content (AvgIpc) is 3.40. The topological polar surface area (TPSA) is 95.3 Å². The number of hydrogen-bond acceptors (Lipinski definition) is 4. The second-order valence-corrected chi connectivity index (χ2v) is 8.76. The number of anilines is 1. The molecule has 3 fully saturated rings. The first kappa shape index (κ1) is 18.4. The van der Waals surface area contributed by atoms with Crippen LogP contribution in [-0.2, 0) is 4.79 Å². The van der Waals surface area contributed by atoms with Gasteiger partial charge in [-0.25, -0.2) is 14.4 Å². The number of pyridine rings is 2. The van der Waals surface area contributed by atoms with Crippen LogP contribution in [0.5, 0.6) is 0 Å². The highest BCUT2D eigenvalue weighted by Crippen LogP contribution is 2.46. The minimum absolute atomic E-state index is 0.0964. The Morgan fingerprint density at radius 2 is 1.97 bits per heavy atom. The summed E-state index contributed by atoms with van der Waals surface area (Å²) in [6.07, 6.45) is 12.7. The molecule has 2 bridgehead atoms. The standard InChI is InChI=1S/C23H22FN5O2/c24-14-7-16-18(10-27-21(16)26-9-14)17-8-15(11-29-6-5-25-22(17)29)28-20-13-3-1-12(2-4-13)19(20)23(30)31/h5-13,19-20,28H,1-4H2,(H,26,27)(H,30,31)/t12?,13?,19-,20?/m0/s1. The molecule has 0 aliphatic heterocycles. The lowest BCUT2D eigenvalue weighted by Gasteiger charge is -2.47. The van der Waals surface area contributed by atoms with E-state index >= 15 is 0 Å². The number of imidazole rings is 1. The number of aromatic nitrogens is 4. The minimum atomic E-state index is -0.714. The highest BCUT2D eigenvalue weighted by Gasteiger charge is 2.47. The van der Waals surface area contributed by atoms with Gasteiger partial charge in [-0.15, -0.1) is 0 Å². The molecule has 4 aromatic rings. The van der Waals surface area contributed by atoms with Crippen LogP contribution in [0.1, 0.15) is 25.7 Å². The predicted octanol–water partition coefficient (Wildman–Crippen LogP) is 4.32. The van der Waals surface area contributed by atoms with Crippen LogP contribution < -0.4 is 5.32 Å². The zero-order valence-electron chi connectivity index (χ0n) is 16.8. The molecule has 0 radical (unpaired) electrons. The number of halogens is 1. The lowest BCUT2D eigenvalue weighted by atomic mass is 9.61. The number of hydrogen-bond donors (Lipinski definition) is 3. The molecule has 0 aromatic carbocycles. The third-order valence-electron chi connectivity index (χ3n) is 7.11. The summed E-state index contributed by atoms with van der Waals surface area (Å²) in [4.78, 5) is 23.8. The molecule has 158 valence electrons. The van der Waals surface area contributed by atoms with Gasteiger partial charge in [0.25, 0.3) is 0 Å². The van der Waals surface area contributed by atoms with E-state index in [2.05, 4.69) is 20.3 Å². The van der Waals surface area contributed by atoms with Crippen molar-refractivity contribution in [2.75, 3.05) is 5.32 Å². The Hall–Kier alpha value is -3.42. The Kier molecular flexibility index (Phi) is 4.03. The fourth-order valence-corrected chi connectivity index (χ4v) is 5.72. The Morgan fingerprint density at radius 1 is 1.16 bits per heavy atom. The van der Waals surface area contributed by atoms with E-state index in [4.69, 9.17) is 0 Å². The van der Waals surface area contributed by atoms with Crippen LogP contribution in [0.25, 0.3) is 27.8 Å². The molecule has 0 amide bonds. The summed E-state index contributed by atoms with van der Waals surface area (Å²) >= 11 is 0. The number of nitrogens with one attached hydrogen (secondary N) is 2. The van der Waals surface area contributed by atoms with Crippen LogP contribution >= 0.6 is 0 Å². The third kappa shape index (κ3) is 2.89. The molecule has 3 aliphatic rings. The van der Waals surface area contributed by atoms with Gasteiger partial charge in [0.2, 0.25) is 0 Å². The minimum Gasteiger partial charge on any atom is -0.481 e. The van der Waals surface area contributed by atoms with Crippen molar-refractivity contribution in [1.29, 1.82) is 0 Å². The van der Waals surface area contributed by atoms with Crippen molar-refractivity contribution >= 4 is 28.3 Å². The van der Waals surface area contributed by atoms with Crippen LogP contribution in [0.15, 0.2) is 43.1 Å². The Morgan fingerprint density at radius 3 is 2.77 bits per heavy atom. The first-order chi connectivity index (χ1) is 15.1. The summed E-state index contributed by atoms with van der Waals surface area (Å²) in [5, 5.41) is 14.1. The average molecular weight is 419 g/mol. The van der Waals surface area contributed by atoms with E-state index in [0.717, 1.165) is 48.1 Å². The highest BCUT2D eigenvalue weighted by atomic mass is 19.1. The van der Waals surface area contributed by atoms with Gasteiger partial charge < -0.3 is 19.8 Å². The predicted molar refractivity (Wildman–Crippen MR) is 114 cm³/mol. The summed E-state index contributed by atoms with van der Waals surface area (Å²) in [5.41, 5.74) is 3.83. The number of aromatic amines is 1. The summed E-state index contributed by atoms with van der Waals surface area (Å²) in [5.74, 6) is -0.891. The molecule has 0 spiro atoms. The first-order valence-corrected chi connectivity index (χ1v) is 10.7. The molecule has 0 saturated heterocycles. The maximum absolute atomic E-state index is 13.9. The molecule has 7 rings (SSSR count). The van der Waals surface area contributed by atoms with Gasteiger partial charge in [0.15, 0.2) is 0 Å². The molecule has 7 nitrogen and oxygen atoms in total. The molecule has 4 aromatic heterocycles. The quantitative estimate of drug-likeness (QED) is 0.458. The SMILES string of the molecule is O=C(O)[C@H]1C2CCC(CC2)C1Nc1cc(-c2c[nH]c3ncc(F)cc23)c2nccn2c1. The monoisotopic (exact) mass is 419 g/mol. The number of carboxylic acids is 1. The number of rotatable bonds is 4. The van der Waals surface area contributed by atoms with Gasteiger partial charge in [0.05, 0.1) is 17.8 Å². The summed E-state index contributed by atoms with van der Waals surface area (Å²) in [6.45, 7) is 0. The number of fused-ring (bicyclic) bond motifs is 5. The van der Waals surface area contributed by atoms with Crippen LogP contribution in [0.4, 0.5) is 10.1 Å². The Balaban J connectivity index is 1.45. The fourth-order valence-electron chi connectivity index (χ4n) is 5.72. The Labute approximate surface area is 177 Å². The molecular formula is C23H22FN5O2. The van der Waals surface area contributed by atoms with Crippen molar-refractivity contribution in [3.05, 3.63) is 48.9 Å². The normalized spacial score (nSPS) is 25.3. The van der Waals surface area contributed by atoms with Gasteiger partial charge in [0, 0.05) is 47.3 Å². The molecule has 3 N–H and O–H groups in total. The van der Waals surface area contributed by atoms with Gasteiger partial charge in [-0.3, -0.25) is 4.79 Å². The zero-order valence-corrected chi connectivity index (χ0v) is 16.8. The molecule has 1 unspecified atom stereocenters. The van der Waals surface area contributed by atoms with Crippen molar-refractivity contribution in [3.8, 4) is 11.1 Å². The van der Waals surface area contributed by atoms with E-state index in [1.807, 2.05) is 29.1 Å². The van der Waals surface area contributed by atoms with Gasteiger partial charge in [-0.05, 0) is 49.7 Å². The molecule has 8 heteroatoms. The second kappa shape index (κ2) is 6.80. The highest BCUT2D eigenvalue weighted by molar-refractivity contribution is 5.98. The molecule has 31 heavy (non-hydrogen) atoms. The molecule has 3 aliphatic carbocycles. The number of nitrogens with zero attached hydrogens (tertiary/aromatic N) is 3. The number of aliphatic carboxylic acids is 1. The lowest BCUT2D eigenvalue weighted by Crippen LogP contribution is -2.51. The van der Waals surface area contributed by atoms with Crippen LogP contribution in [-0.4, -0.2) is 36.5 Å². The van der Waals surface area contributed by atoms with Crippen molar-refractivity contribution in [2.24, 2.45) is 17.8 Å². The van der Waals surface area contributed by atoms with Crippen molar-refractivity contribution < 1.29 is 14.3 Å². The largest absolute Gasteiger partial charge is 0.481 e. The molecule has 4 heterocycles. The van der Waals surface area contributed by atoms with Gasteiger partial charge in [0.1, 0.15) is 17.1 Å². The van der Waals surface area contributed by atoms with E-state index in [1.165, 1.54) is 12.3 Å². The summed E-state index contributed by atoms with van der Waals surface area (Å²) < 4.78 is 15.8. The maximum Gasteiger partial charge on any atom is 0.308 e. The molecule has 2 atom stereocenters. The molecular weight excluding hydrogens is 397 g/mol. The third-order valence-corrected chi connectivity index (χ3v) is 7.11. The van der Waals surface area contributed by atoms with Crippen molar-refractivity contribution in [3.63, 3.8) is 0 Å². The first-order valence-electron chi connectivity index (χ1n) is 10.7. The maximum atomic E-state index is 13.9. The summed E-state index contributed by atoms with van der Waals surface area (Å²) in [6, 6.07) is 3.35. The summed E-state index contributed by atoms with van der Waals surface area (Å²) in [7, 11) is 0. The Bertz CT molecular complexity index is 1300. The van der Waals surface area contributed by atoms with E-state index < -0.39 is 11.8 Å². The van der Waals surface area contributed by atoms with Crippen LogP contribution in [0, 0.1) is 23.6 Å². The second-order valence-electron chi connectivity index (χ2n) is 8.76. The van der Waals surface area contributed by atoms with Gasteiger partial charge >= 0.3 is 5.97 Å². The van der Waals surface area contributed by atoms with Crippen LogP contribution in [0.3, 0.4) is 0 Å². The smallest absolute Gasteiger partial charge is 0.308 e. The van der Waals surface area contributed by atoms with Crippen molar-refractivity contribution in [2.45, 2.75) is 31.7 Å². The van der Waals surface area contributed by atoms with Gasteiger partial charge in [-0.1, -0.05) is 0 Å². The van der Waals surface area contributed by atoms with E-state index in [9.17, 15) is 14.3 Å². The van der Waals surface area contributed by atoms with Crippen molar-refractivity contribution in [1.82, 2.24) is 19.4 Å². The zero-order chi connectivity index (χ0) is 21.1. The molecule has 3 saturated carbocycles. The number of H-pyrrole nitrogens is 1. The lowest BCUT2D eigenvalue weighted by molar-refractivity contribution is -0.148. The van der Waals surface area contributed by atoms with Crippen LogP contribution in [0.2, 0.25) is 0 Å². The van der Waals surface area contributed by atoms with E-state index in [-0.39, 0.29) is 17.9 Å². The number of carbonyl (C=O) groups is 1. The van der Waals surface area contributed by atoms with Gasteiger partial charge in [-0.2, -0.15) is 0 Å². The number of carboxylic acid groups (broad SMARTS) is 1. The van der Waals surface area contributed by atoms with E-state index in [1.54, 1.807) is 6.20 Å². The fraction of sp³-hybridized carbons (Fsp3) is 0.348. The van der Waals surface area contributed by atoms with E-state index in [0.29, 0.717) is 17.0 Å².